The van der Waals surface area contributed by atoms with Gasteiger partial charge in [-0.1, -0.05) is 30.3 Å². The van der Waals surface area contributed by atoms with Gasteiger partial charge in [-0.05, 0) is 36.8 Å². The van der Waals surface area contributed by atoms with Crippen LogP contribution in [0.3, 0.4) is 0 Å². The highest BCUT2D eigenvalue weighted by molar-refractivity contribution is 5.77. The van der Waals surface area contributed by atoms with Gasteiger partial charge in [-0.25, -0.2) is 4.79 Å². The van der Waals surface area contributed by atoms with Gasteiger partial charge in [0, 0.05) is 6.42 Å². The van der Waals surface area contributed by atoms with Crippen molar-refractivity contribution in [3.8, 4) is 11.5 Å². The molecule has 5 nitrogen and oxygen atoms in total. The standard InChI is InChI=1S/C18H20O5/c1-18(17(20)21,23-16-9-7-15(19)8-10-16)11-12-22-13-14-5-3-2-4-6-14/h2-10,19H,11-13H2,1H3,(H,20,21). The number of benzene rings is 2. The van der Waals surface area contributed by atoms with Gasteiger partial charge < -0.3 is 19.7 Å². The highest BCUT2D eigenvalue weighted by Gasteiger charge is 2.35. The van der Waals surface area contributed by atoms with Crippen LogP contribution in [0.4, 0.5) is 0 Å². The van der Waals surface area contributed by atoms with E-state index in [0.29, 0.717) is 12.4 Å². The number of hydrogen-bond acceptors (Lipinski definition) is 4. The first-order valence-corrected chi connectivity index (χ1v) is 7.33. The number of carboxylic acids is 1. The van der Waals surface area contributed by atoms with Gasteiger partial charge >= 0.3 is 5.97 Å². The first kappa shape index (κ1) is 16.8. The Bertz CT molecular complexity index is 624. The molecule has 0 radical (unpaired) electrons. The summed E-state index contributed by atoms with van der Waals surface area (Å²) in [5, 5.41) is 18.7. The third kappa shape index (κ3) is 5.00. The molecule has 1 atom stereocenters. The molecule has 0 aliphatic rings. The second-order valence-corrected chi connectivity index (χ2v) is 5.42. The number of carbonyl (C=O) groups is 1. The summed E-state index contributed by atoms with van der Waals surface area (Å²) in [5.41, 5.74) is -0.364. The van der Waals surface area contributed by atoms with Gasteiger partial charge in [0.15, 0.2) is 0 Å². The molecule has 0 amide bonds. The number of phenolic OH excluding ortho intramolecular Hbond substituents is 1. The van der Waals surface area contributed by atoms with Crippen molar-refractivity contribution in [3.05, 3.63) is 60.2 Å². The summed E-state index contributed by atoms with van der Waals surface area (Å²) in [6, 6.07) is 15.6. The average Bonchev–Trinajstić information content (AvgIpc) is 2.55. The lowest BCUT2D eigenvalue weighted by Gasteiger charge is -2.26. The molecule has 0 bridgehead atoms. The van der Waals surface area contributed by atoms with Crippen molar-refractivity contribution >= 4 is 5.97 Å². The molecular weight excluding hydrogens is 296 g/mol. The largest absolute Gasteiger partial charge is 0.508 e. The number of carboxylic acid groups (broad SMARTS) is 1. The molecule has 122 valence electrons. The number of phenols is 1. The zero-order valence-electron chi connectivity index (χ0n) is 12.9. The summed E-state index contributed by atoms with van der Waals surface area (Å²) in [5.74, 6) is -0.579. The van der Waals surface area contributed by atoms with Gasteiger partial charge in [0.25, 0.3) is 0 Å². The summed E-state index contributed by atoms with van der Waals surface area (Å²) < 4.78 is 11.1. The smallest absolute Gasteiger partial charge is 0.347 e. The van der Waals surface area contributed by atoms with Gasteiger partial charge in [0.05, 0.1) is 13.2 Å². The van der Waals surface area contributed by atoms with Crippen molar-refractivity contribution in [2.45, 2.75) is 25.6 Å². The van der Waals surface area contributed by atoms with Crippen LogP contribution in [0.1, 0.15) is 18.9 Å². The van der Waals surface area contributed by atoms with Gasteiger partial charge in [-0.15, -0.1) is 0 Å². The Morgan fingerprint density at radius 1 is 1.09 bits per heavy atom. The van der Waals surface area contributed by atoms with Crippen LogP contribution >= 0.6 is 0 Å². The van der Waals surface area contributed by atoms with E-state index in [1.807, 2.05) is 30.3 Å². The fraction of sp³-hybridized carbons (Fsp3) is 0.278. The molecule has 0 heterocycles. The van der Waals surface area contributed by atoms with E-state index in [1.54, 1.807) is 0 Å². The maximum absolute atomic E-state index is 11.5. The van der Waals surface area contributed by atoms with Gasteiger partial charge in [0.1, 0.15) is 11.5 Å². The molecule has 2 N–H and O–H groups in total. The molecule has 0 spiro atoms. The monoisotopic (exact) mass is 316 g/mol. The maximum Gasteiger partial charge on any atom is 0.347 e. The zero-order valence-corrected chi connectivity index (χ0v) is 12.9. The Kier molecular flexibility index (Phi) is 5.60. The normalized spacial score (nSPS) is 13.3. The number of aliphatic carboxylic acids is 1. The quantitative estimate of drug-likeness (QED) is 0.731. The fourth-order valence-electron chi connectivity index (χ4n) is 2.01. The predicted octanol–water partition coefficient (Wildman–Crippen LogP) is 3.22. The highest BCUT2D eigenvalue weighted by Crippen LogP contribution is 2.24. The van der Waals surface area contributed by atoms with E-state index >= 15 is 0 Å². The van der Waals surface area contributed by atoms with Crippen LogP contribution in [-0.2, 0) is 16.1 Å². The van der Waals surface area contributed by atoms with E-state index in [1.165, 1.54) is 31.2 Å². The third-order valence-electron chi connectivity index (χ3n) is 3.47. The van der Waals surface area contributed by atoms with Crippen LogP contribution in [0, 0.1) is 0 Å². The number of hydrogen-bond donors (Lipinski definition) is 2. The summed E-state index contributed by atoms with van der Waals surface area (Å²) in [4.78, 5) is 11.5. The summed E-state index contributed by atoms with van der Waals surface area (Å²) in [6.07, 6.45) is 0.204. The van der Waals surface area contributed by atoms with Crippen LogP contribution in [0.2, 0.25) is 0 Å². The van der Waals surface area contributed by atoms with E-state index < -0.39 is 11.6 Å². The van der Waals surface area contributed by atoms with Crippen LogP contribution in [0.25, 0.3) is 0 Å². The lowest BCUT2D eigenvalue weighted by atomic mass is 10.0. The minimum Gasteiger partial charge on any atom is -0.508 e. The summed E-state index contributed by atoms with van der Waals surface area (Å²) in [6.45, 7) is 2.19. The van der Waals surface area contributed by atoms with E-state index in [-0.39, 0.29) is 18.8 Å². The predicted molar refractivity (Wildman–Crippen MR) is 85.5 cm³/mol. The average molecular weight is 316 g/mol. The SMILES string of the molecule is CC(CCOCc1ccccc1)(Oc1ccc(O)cc1)C(=O)O. The molecule has 23 heavy (non-hydrogen) atoms. The molecule has 5 heteroatoms. The molecule has 0 saturated carbocycles. The van der Waals surface area contributed by atoms with E-state index in [2.05, 4.69) is 0 Å². The third-order valence-corrected chi connectivity index (χ3v) is 3.47. The Balaban J connectivity index is 1.89. The Morgan fingerprint density at radius 3 is 2.35 bits per heavy atom. The van der Waals surface area contributed by atoms with E-state index in [9.17, 15) is 15.0 Å². The summed E-state index contributed by atoms with van der Waals surface area (Å²) >= 11 is 0. The van der Waals surface area contributed by atoms with E-state index in [0.717, 1.165) is 5.56 Å². The Labute approximate surface area is 135 Å². The molecular formula is C18H20O5. The number of aromatic hydroxyl groups is 1. The molecule has 0 aromatic heterocycles. The summed E-state index contributed by atoms with van der Waals surface area (Å²) in [7, 11) is 0. The maximum atomic E-state index is 11.5. The lowest BCUT2D eigenvalue weighted by Crippen LogP contribution is -2.42. The Morgan fingerprint density at radius 2 is 1.74 bits per heavy atom. The van der Waals surface area contributed by atoms with Gasteiger partial charge in [-0.2, -0.15) is 0 Å². The molecule has 0 aliphatic heterocycles. The Hall–Kier alpha value is -2.53. The number of rotatable bonds is 8. The minimum atomic E-state index is -1.40. The van der Waals surface area contributed by atoms with Crippen molar-refractivity contribution in [1.29, 1.82) is 0 Å². The zero-order chi connectivity index (χ0) is 16.7. The second kappa shape index (κ2) is 7.65. The van der Waals surface area contributed by atoms with Crippen LogP contribution in [-0.4, -0.2) is 28.4 Å². The molecule has 0 saturated heterocycles. The first-order valence-electron chi connectivity index (χ1n) is 7.33. The molecule has 1 unspecified atom stereocenters. The van der Waals surface area contributed by atoms with Crippen molar-refractivity contribution in [1.82, 2.24) is 0 Å². The lowest BCUT2D eigenvalue weighted by molar-refractivity contribution is -0.155. The minimum absolute atomic E-state index is 0.0978. The molecule has 2 rings (SSSR count). The van der Waals surface area contributed by atoms with Crippen molar-refractivity contribution in [2.75, 3.05) is 6.61 Å². The fourth-order valence-corrected chi connectivity index (χ4v) is 2.01. The van der Waals surface area contributed by atoms with Crippen molar-refractivity contribution in [3.63, 3.8) is 0 Å². The van der Waals surface area contributed by atoms with Crippen molar-refractivity contribution < 1.29 is 24.5 Å². The molecule has 0 fully saturated rings. The van der Waals surface area contributed by atoms with E-state index in [4.69, 9.17) is 9.47 Å². The molecule has 2 aromatic rings. The molecule has 0 aliphatic carbocycles. The first-order chi connectivity index (χ1) is 11.0. The van der Waals surface area contributed by atoms with Crippen LogP contribution in [0.5, 0.6) is 11.5 Å². The highest BCUT2D eigenvalue weighted by atomic mass is 16.5. The van der Waals surface area contributed by atoms with Gasteiger partial charge in [-0.3, -0.25) is 0 Å². The topological polar surface area (TPSA) is 76.0 Å². The molecule has 2 aromatic carbocycles. The number of ether oxygens (including phenoxy) is 2. The second-order valence-electron chi connectivity index (χ2n) is 5.42. The van der Waals surface area contributed by atoms with Crippen LogP contribution in [0.15, 0.2) is 54.6 Å². The van der Waals surface area contributed by atoms with Crippen LogP contribution < -0.4 is 4.74 Å². The van der Waals surface area contributed by atoms with Gasteiger partial charge in [0.2, 0.25) is 5.60 Å². The van der Waals surface area contributed by atoms with Crippen molar-refractivity contribution in [2.24, 2.45) is 0 Å².